The molecular weight excluding hydrogens is 406 g/mol. The number of carbonyl (C=O) groups is 2. The summed E-state index contributed by atoms with van der Waals surface area (Å²) < 4.78 is 5.47. The molecule has 0 aromatic heterocycles. The molecule has 0 fully saturated rings. The molecule has 164 valence electrons. The predicted octanol–water partition coefficient (Wildman–Crippen LogP) is 4.54. The third kappa shape index (κ3) is 4.17. The zero-order valence-electron chi connectivity index (χ0n) is 18.0. The number of phenols is 1. The van der Waals surface area contributed by atoms with E-state index in [1.54, 1.807) is 26.0 Å². The van der Waals surface area contributed by atoms with Gasteiger partial charge < -0.3 is 20.3 Å². The molecule has 3 N–H and O–H groups in total. The first-order chi connectivity index (χ1) is 15.3. The number of alkyl carbamates (subject to hydrolysis) is 1. The number of nitrogens with one attached hydrogen (secondary N) is 1. The quantitative estimate of drug-likeness (QED) is 0.532. The Bertz CT molecular complexity index is 1120. The van der Waals surface area contributed by atoms with Crippen molar-refractivity contribution in [3.63, 3.8) is 0 Å². The van der Waals surface area contributed by atoms with E-state index in [2.05, 4.69) is 17.4 Å². The van der Waals surface area contributed by atoms with E-state index in [1.807, 2.05) is 36.4 Å². The second-order valence-electron chi connectivity index (χ2n) is 8.14. The Morgan fingerprint density at radius 3 is 2.03 bits per heavy atom. The SMILES string of the molecule is Cc1cc(C[C@H](NC(=O)OCC2c3ccccc3-c3ccccc32)C(=O)O)cc(C)c1O. The van der Waals surface area contributed by atoms with Crippen LogP contribution in [-0.4, -0.2) is 34.9 Å². The number of hydrogen-bond donors (Lipinski definition) is 3. The van der Waals surface area contributed by atoms with Crippen LogP contribution in [0.15, 0.2) is 60.7 Å². The molecule has 6 heteroatoms. The van der Waals surface area contributed by atoms with E-state index in [0.29, 0.717) is 16.7 Å². The van der Waals surface area contributed by atoms with Gasteiger partial charge in [-0.05, 0) is 52.8 Å². The summed E-state index contributed by atoms with van der Waals surface area (Å²) in [7, 11) is 0. The number of benzene rings is 3. The normalized spacial score (nSPS) is 13.2. The maximum Gasteiger partial charge on any atom is 0.407 e. The zero-order chi connectivity index (χ0) is 22.8. The number of carboxylic acid groups (broad SMARTS) is 1. The van der Waals surface area contributed by atoms with Crippen molar-refractivity contribution in [3.8, 4) is 16.9 Å². The van der Waals surface area contributed by atoms with E-state index in [0.717, 1.165) is 22.3 Å². The van der Waals surface area contributed by atoms with Crippen LogP contribution < -0.4 is 5.32 Å². The fraction of sp³-hybridized carbons (Fsp3) is 0.231. The van der Waals surface area contributed by atoms with Crippen LogP contribution in [0.5, 0.6) is 5.75 Å². The fourth-order valence-electron chi connectivity index (χ4n) is 4.38. The first kappa shape index (κ1) is 21.4. The van der Waals surface area contributed by atoms with Gasteiger partial charge >= 0.3 is 12.1 Å². The van der Waals surface area contributed by atoms with Gasteiger partial charge in [0.2, 0.25) is 0 Å². The van der Waals surface area contributed by atoms with Crippen molar-refractivity contribution in [3.05, 3.63) is 88.5 Å². The fourth-order valence-corrected chi connectivity index (χ4v) is 4.38. The molecule has 0 bridgehead atoms. The Morgan fingerprint density at radius 2 is 1.50 bits per heavy atom. The summed E-state index contributed by atoms with van der Waals surface area (Å²) in [5, 5.41) is 22.0. The van der Waals surface area contributed by atoms with Gasteiger partial charge in [0.15, 0.2) is 0 Å². The number of aryl methyl sites for hydroxylation is 2. The summed E-state index contributed by atoms with van der Waals surface area (Å²) in [5.41, 5.74) is 6.45. The van der Waals surface area contributed by atoms with Crippen molar-refractivity contribution in [1.82, 2.24) is 5.32 Å². The monoisotopic (exact) mass is 431 g/mol. The minimum absolute atomic E-state index is 0.0848. The highest BCUT2D eigenvalue weighted by Gasteiger charge is 2.29. The number of hydrogen-bond acceptors (Lipinski definition) is 4. The zero-order valence-corrected chi connectivity index (χ0v) is 18.0. The molecule has 4 rings (SSSR count). The maximum atomic E-state index is 12.5. The van der Waals surface area contributed by atoms with Gasteiger partial charge in [0, 0.05) is 12.3 Å². The van der Waals surface area contributed by atoms with Crippen LogP contribution in [0.1, 0.15) is 33.7 Å². The average molecular weight is 431 g/mol. The largest absolute Gasteiger partial charge is 0.507 e. The topological polar surface area (TPSA) is 95.9 Å². The summed E-state index contributed by atoms with van der Waals surface area (Å²) in [6.45, 7) is 3.62. The number of carboxylic acids is 1. The second kappa shape index (κ2) is 8.75. The number of aliphatic carboxylic acids is 1. The minimum atomic E-state index is -1.15. The lowest BCUT2D eigenvalue weighted by atomic mass is 9.98. The first-order valence-electron chi connectivity index (χ1n) is 10.5. The lowest BCUT2D eigenvalue weighted by Crippen LogP contribution is -2.43. The highest BCUT2D eigenvalue weighted by molar-refractivity contribution is 5.81. The number of aromatic hydroxyl groups is 1. The van der Waals surface area contributed by atoms with Crippen molar-refractivity contribution < 1.29 is 24.5 Å². The van der Waals surface area contributed by atoms with E-state index < -0.39 is 18.1 Å². The van der Waals surface area contributed by atoms with Gasteiger partial charge in [-0.3, -0.25) is 0 Å². The minimum Gasteiger partial charge on any atom is -0.507 e. The Labute approximate surface area is 186 Å². The number of ether oxygens (including phenoxy) is 1. The summed E-state index contributed by atoms with van der Waals surface area (Å²) in [6, 6.07) is 18.3. The Morgan fingerprint density at radius 1 is 0.969 bits per heavy atom. The van der Waals surface area contributed by atoms with Crippen molar-refractivity contribution in [2.75, 3.05) is 6.61 Å². The van der Waals surface area contributed by atoms with Crippen LogP contribution in [0.25, 0.3) is 11.1 Å². The molecule has 32 heavy (non-hydrogen) atoms. The van der Waals surface area contributed by atoms with E-state index in [4.69, 9.17) is 4.74 Å². The molecule has 1 atom stereocenters. The van der Waals surface area contributed by atoms with Gasteiger partial charge in [0.05, 0.1) is 0 Å². The number of rotatable bonds is 6. The molecule has 0 saturated carbocycles. The van der Waals surface area contributed by atoms with Crippen molar-refractivity contribution in [1.29, 1.82) is 0 Å². The number of carbonyl (C=O) groups excluding carboxylic acids is 1. The van der Waals surface area contributed by atoms with Crippen LogP contribution >= 0.6 is 0 Å². The average Bonchev–Trinajstić information content (AvgIpc) is 3.09. The molecule has 0 radical (unpaired) electrons. The molecule has 0 saturated heterocycles. The highest BCUT2D eigenvalue weighted by atomic mass is 16.5. The Balaban J connectivity index is 1.44. The first-order valence-corrected chi connectivity index (χ1v) is 10.5. The van der Waals surface area contributed by atoms with Crippen LogP contribution in [0.2, 0.25) is 0 Å². The standard InChI is InChI=1S/C26H25NO5/c1-15-11-17(12-16(2)24(15)28)13-23(25(29)30)27-26(31)32-14-22-20-9-5-3-7-18(20)19-8-4-6-10-21(19)22/h3-12,22-23,28H,13-14H2,1-2H3,(H,27,31)(H,29,30)/t23-/m0/s1. The summed E-state index contributed by atoms with van der Waals surface area (Å²) in [6.07, 6.45) is -0.687. The molecule has 0 aliphatic heterocycles. The van der Waals surface area contributed by atoms with Crippen LogP contribution in [-0.2, 0) is 16.0 Å². The van der Waals surface area contributed by atoms with Crippen LogP contribution in [0, 0.1) is 13.8 Å². The van der Waals surface area contributed by atoms with E-state index in [9.17, 15) is 19.8 Å². The molecule has 0 heterocycles. The summed E-state index contributed by atoms with van der Waals surface area (Å²) in [4.78, 5) is 24.2. The van der Waals surface area contributed by atoms with Gasteiger partial charge in [0.1, 0.15) is 18.4 Å². The van der Waals surface area contributed by atoms with Crippen molar-refractivity contribution >= 4 is 12.1 Å². The number of phenolic OH excluding ortho intramolecular Hbond substituents is 1. The second-order valence-corrected chi connectivity index (χ2v) is 8.14. The van der Waals surface area contributed by atoms with Crippen LogP contribution in [0.4, 0.5) is 4.79 Å². The number of fused-ring (bicyclic) bond motifs is 3. The van der Waals surface area contributed by atoms with Gasteiger partial charge in [-0.25, -0.2) is 9.59 Å². The Kier molecular flexibility index (Phi) is 5.86. The molecular formula is C26H25NO5. The van der Waals surface area contributed by atoms with Gasteiger partial charge in [0.25, 0.3) is 0 Å². The molecule has 6 nitrogen and oxygen atoms in total. The smallest absolute Gasteiger partial charge is 0.407 e. The number of amides is 1. The third-order valence-corrected chi connectivity index (χ3v) is 5.92. The lowest BCUT2D eigenvalue weighted by Gasteiger charge is -2.18. The lowest BCUT2D eigenvalue weighted by molar-refractivity contribution is -0.139. The van der Waals surface area contributed by atoms with E-state index in [-0.39, 0.29) is 24.7 Å². The van der Waals surface area contributed by atoms with Gasteiger partial charge in [-0.15, -0.1) is 0 Å². The molecule has 1 amide bonds. The third-order valence-electron chi connectivity index (χ3n) is 5.92. The maximum absolute atomic E-state index is 12.5. The van der Waals surface area contributed by atoms with Crippen molar-refractivity contribution in [2.45, 2.75) is 32.2 Å². The summed E-state index contributed by atoms with van der Waals surface area (Å²) >= 11 is 0. The van der Waals surface area contributed by atoms with Gasteiger partial charge in [-0.2, -0.15) is 0 Å². The molecule has 3 aromatic carbocycles. The molecule has 1 aliphatic rings. The molecule has 0 spiro atoms. The highest BCUT2D eigenvalue weighted by Crippen LogP contribution is 2.44. The van der Waals surface area contributed by atoms with Crippen molar-refractivity contribution in [2.24, 2.45) is 0 Å². The van der Waals surface area contributed by atoms with Gasteiger partial charge in [-0.1, -0.05) is 60.7 Å². The predicted molar refractivity (Wildman–Crippen MR) is 121 cm³/mol. The molecule has 3 aromatic rings. The van der Waals surface area contributed by atoms with Crippen LogP contribution in [0.3, 0.4) is 0 Å². The Hall–Kier alpha value is -3.80. The van der Waals surface area contributed by atoms with E-state index >= 15 is 0 Å². The molecule has 0 unspecified atom stereocenters. The molecule has 1 aliphatic carbocycles. The van der Waals surface area contributed by atoms with E-state index in [1.165, 1.54) is 0 Å². The summed E-state index contributed by atoms with van der Waals surface area (Å²) in [5.74, 6) is -1.06.